The summed E-state index contributed by atoms with van der Waals surface area (Å²) in [5.74, 6) is 0.832. The molecule has 1 atom stereocenters. The molecule has 3 aromatic heterocycles. The summed E-state index contributed by atoms with van der Waals surface area (Å²) in [6.45, 7) is 5.79. The quantitative estimate of drug-likeness (QED) is 0.476. The highest BCUT2D eigenvalue weighted by atomic mass is 16.5. The summed E-state index contributed by atoms with van der Waals surface area (Å²) in [5, 5.41) is 4.89. The fourth-order valence-electron chi connectivity index (χ4n) is 5.58. The van der Waals surface area contributed by atoms with Crippen molar-refractivity contribution in [3.63, 3.8) is 0 Å². The highest BCUT2D eigenvalue weighted by Gasteiger charge is 2.24. The maximum atomic E-state index is 6.34. The third kappa shape index (κ3) is 3.47. The van der Waals surface area contributed by atoms with E-state index < -0.39 is 0 Å². The Kier molecular flexibility index (Phi) is 5.03. The second-order valence-electron chi connectivity index (χ2n) is 9.39. The predicted molar refractivity (Wildman–Crippen MR) is 129 cm³/mol. The molecule has 0 spiro atoms. The largest absolute Gasteiger partial charge is 0.381 e. The van der Waals surface area contributed by atoms with Gasteiger partial charge in [0, 0.05) is 36.7 Å². The van der Waals surface area contributed by atoms with Crippen LogP contribution in [0.4, 0.5) is 0 Å². The molecule has 7 nitrogen and oxygen atoms in total. The van der Waals surface area contributed by atoms with E-state index >= 15 is 0 Å². The molecule has 1 aliphatic heterocycles. The average molecular weight is 443 g/mol. The van der Waals surface area contributed by atoms with Gasteiger partial charge < -0.3 is 15.5 Å². The summed E-state index contributed by atoms with van der Waals surface area (Å²) < 4.78 is 7.71. The van der Waals surface area contributed by atoms with Crippen molar-refractivity contribution in [3.05, 3.63) is 53.0 Å². The molecule has 1 fully saturated rings. The van der Waals surface area contributed by atoms with Crippen molar-refractivity contribution in [2.45, 2.75) is 58.0 Å². The average Bonchev–Trinajstić information content (AvgIpc) is 3.39. The van der Waals surface area contributed by atoms with E-state index in [1.54, 1.807) is 0 Å². The molecule has 170 valence electrons. The maximum Gasteiger partial charge on any atom is 0.178 e. The van der Waals surface area contributed by atoms with Gasteiger partial charge in [-0.3, -0.25) is 4.68 Å². The third-order valence-corrected chi connectivity index (χ3v) is 7.31. The topological polar surface area (TPSA) is 94.6 Å². The number of imidazole rings is 1. The summed E-state index contributed by atoms with van der Waals surface area (Å²) >= 11 is 0. The van der Waals surface area contributed by atoms with Gasteiger partial charge in [-0.05, 0) is 68.7 Å². The summed E-state index contributed by atoms with van der Waals surface area (Å²) in [7, 11) is 0. The van der Waals surface area contributed by atoms with Gasteiger partial charge in [0.05, 0.1) is 22.8 Å². The van der Waals surface area contributed by atoms with Crippen molar-refractivity contribution in [2.75, 3.05) is 13.2 Å². The number of pyridine rings is 1. The van der Waals surface area contributed by atoms with E-state index in [0.717, 1.165) is 84.8 Å². The molecule has 1 unspecified atom stereocenters. The van der Waals surface area contributed by atoms with E-state index in [2.05, 4.69) is 52.8 Å². The van der Waals surface area contributed by atoms with Crippen molar-refractivity contribution >= 4 is 11.2 Å². The molecule has 1 aliphatic carbocycles. The molecule has 4 heterocycles. The number of fused-ring (bicyclic) bond motifs is 2. The first kappa shape index (κ1) is 20.6. The Morgan fingerprint density at radius 1 is 1.12 bits per heavy atom. The molecule has 6 rings (SSSR count). The van der Waals surface area contributed by atoms with Gasteiger partial charge in [0.2, 0.25) is 0 Å². The Balaban J connectivity index is 1.43. The number of H-pyrrole nitrogens is 1. The SMILES string of the molecule is Cc1nn(C2CCOCC2)c(C)c1-c1nc2nccc(-c3ccc4c(c3)CCCC4N)c2[nH]1. The van der Waals surface area contributed by atoms with Gasteiger partial charge in [-0.15, -0.1) is 0 Å². The van der Waals surface area contributed by atoms with Crippen LogP contribution in [0.1, 0.15) is 60.3 Å². The summed E-state index contributed by atoms with van der Waals surface area (Å²) in [5.41, 5.74) is 16.2. The lowest BCUT2D eigenvalue weighted by molar-refractivity contribution is 0.0656. The van der Waals surface area contributed by atoms with Crippen LogP contribution >= 0.6 is 0 Å². The Bertz CT molecular complexity index is 1330. The molecule has 0 amide bonds. The van der Waals surface area contributed by atoms with Gasteiger partial charge in [-0.2, -0.15) is 5.10 Å². The summed E-state index contributed by atoms with van der Waals surface area (Å²) in [6.07, 6.45) is 7.13. The number of nitrogens with two attached hydrogens (primary N) is 1. The first-order valence-corrected chi connectivity index (χ1v) is 12.0. The lowest BCUT2D eigenvalue weighted by Crippen LogP contribution is -2.21. The van der Waals surface area contributed by atoms with E-state index in [4.69, 9.17) is 20.6 Å². The second-order valence-corrected chi connectivity index (χ2v) is 9.39. The van der Waals surface area contributed by atoms with E-state index in [9.17, 15) is 0 Å². The first-order chi connectivity index (χ1) is 16.1. The Morgan fingerprint density at radius 2 is 1.97 bits per heavy atom. The van der Waals surface area contributed by atoms with Crippen LogP contribution in [-0.4, -0.2) is 37.9 Å². The molecule has 0 saturated carbocycles. The number of aromatic nitrogens is 5. The number of hydrogen-bond acceptors (Lipinski definition) is 5. The number of nitrogens with zero attached hydrogens (tertiary/aromatic N) is 4. The van der Waals surface area contributed by atoms with Crippen LogP contribution in [0.3, 0.4) is 0 Å². The van der Waals surface area contributed by atoms with Gasteiger partial charge in [0.15, 0.2) is 5.65 Å². The highest BCUT2D eigenvalue weighted by Crippen LogP contribution is 2.35. The molecule has 1 saturated heterocycles. The standard InChI is InChI=1S/C26H30N6O/c1-15-23(16(2)32(31-15)19-9-12-33-13-10-19)25-29-24-21(8-11-28-26(24)30-25)18-6-7-20-17(14-18)4-3-5-22(20)27/h6-8,11,14,19,22H,3-5,9-10,12-13,27H2,1-2H3,(H,28,29,30). The zero-order valence-corrected chi connectivity index (χ0v) is 19.3. The third-order valence-electron chi connectivity index (χ3n) is 7.31. The second kappa shape index (κ2) is 8.08. The van der Waals surface area contributed by atoms with Gasteiger partial charge in [0.1, 0.15) is 5.82 Å². The molecule has 33 heavy (non-hydrogen) atoms. The lowest BCUT2D eigenvalue weighted by atomic mass is 9.86. The number of benzene rings is 1. The molecule has 0 bridgehead atoms. The number of rotatable bonds is 3. The highest BCUT2D eigenvalue weighted by molar-refractivity contribution is 5.91. The number of ether oxygens (including phenoxy) is 1. The maximum absolute atomic E-state index is 6.34. The molecule has 3 N–H and O–H groups in total. The smallest absolute Gasteiger partial charge is 0.178 e. The summed E-state index contributed by atoms with van der Waals surface area (Å²) in [6, 6.07) is 9.27. The van der Waals surface area contributed by atoms with Gasteiger partial charge >= 0.3 is 0 Å². The van der Waals surface area contributed by atoms with Crippen LogP contribution < -0.4 is 5.73 Å². The monoisotopic (exact) mass is 442 g/mol. The lowest BCUT2D eigenvalue weighted by Gasteiger charge is -2.23. The van der Waals surface area contributed by atoms with E-state index in [0.29, 0.717) is 6.04 Å². The van der Waals surface area contributed by atoms with Crippen LogP contribution in [0.2, 0.25) is 0 Å². The minimum absolute atomic E-state index is 0.150. The molecule has 7 heteroatoms. The van der Waals surface area contributed by atoms with Gasteiger partial charge in [0.25, 0.3) is 0 Å². The van der Waals surface area contributed by atoms with Crippen molar-refractivity contribution in [2.24, 2.45) is 5.73 Å². The Hall–Kier alpha value is -3.03. The molecular formula is C26H30N6O. The Labute approximate surface area is 193 Å². The zero-order chi connectivity index (χ0) is 22.5. The molecule has 1 aromatic carbocycles. The normalized spacial score (nSPS) is 19.2. The Morgan fingerprint density at radius 3 is 2.82 bits per heavy atom. The molecule has 2 aliphatic rings. The number of aryl methyl sites for hydroxylation is 2. The number of hydrogen-bond donors (Lipinski definition) is 2. The number of aromatic amines is 1. The van der Waals surface area contributed by atoms with Crippen LogP contribution in [0.25, 0.3) is 33.7 Å². The zero-order valence-electron chi connectivity index (χ0n) is 19.3. The van der Waals surface area contributed by atoms with Crippen LogP contribution in [0.5, 0.6) is 0 Å². The molecular weight excluding hydrogens is 412 g/mol. The van der Waals surface area contributed by atoms with Gasteiger partial charge in [-0.25, -0.2) is 9.97 Å². The van der Waals surface area contributed by atoms with Crippen molar-refractivity contribution in [1.82, 2.24) is 24.7 Å². The van der Waals surface area contributed by atoms with Crippen LogP contribution in [0, 0.1) is 13.8 Å². The van der Waals surface area contributed by atoms with Gasteiger partial charge in [-0.1, -0.05) is 18.2 Å². The van der Waals surface area contributed by atoms with E-state index in [-0.39, 0.29) is 6.04 Å². The van der Waals surface area contributed by atoms with Crippen molar-refractivity contribution in [1.29, 1.82) is 0 Å². The number of nitrogens with one attached hydrogen (secondary N) is 1. The molecule has 4 aromatic rings. The fourth-order valence-corrected chi connectivity index (χ4v) is 5.58. The minimum atomic E-state index is 0.150. The van der Waals surface area contributed by atoms with E-state index in [1.165, 1.54) is 16.7 Å². The van der Waals surface area contributed by atoms with E-state index in [1.807, 2.05) is 6.20 Å². The summed E-state index contributed by atoms with van der Waals surface area (Å²) in [4.78, 5) is 13.0. The van der Waals surface area contributed by atoms with Crippen molar-refractivity contribution < 1.29 is 4.74 Å². The fraction of sp³-hybridized carbons (Fsp3) is 0.423. The minimum Gasteiger partial charge on any atom is -0.381 e. The van der Waals surface area contributed by atoms with Crippen LogP contribution in [0.15, 0.2) is 30.5 Å². The van der Waals surface area contributed by atoms with Crippen LogP contribution in [-0.2, 0) is 11.2 Å². The first-order valence-electron chi connectivity index (χ1n) is 12.0. The molecule has 0 radical (unpaired) electrons. The van der Waals surface area contributed by atoms with Crippen molar-refractivity contribution in [3.8, 4) is 22.5 Å². The predicted octanol–water partition coefficient (Wildman–Crippen LogP) is 4.79.